The number of hydrogen-bond acceptors (Lipinski definition) is 6. The van der Waals surface area contributed by atoms with E-state index < -0.39 is 17.7 Å². The normalized spacial score (nSPS) is 25.2. The molecule has 1 heterocycles. The lowest BCUT2D eigenvalue weighted by molar-refractivity contribution is -0.134. The van der Waals surface area contributed by atoms with Gasteiger partial charge in [-0.25, -0.2) is 4.39 Å². The fourth-order valence-electron chi connectivity index (χ4n) is 2.14. The molecule has 7 nitrogen and oxygen atoms in total. The molecule has 20 heavy (non-hydrogen) atoms. The standard InChI is InChI=1S/C12H16FN3O4/c1-18-8-6-9(19-2)16-11(15-8)20-7-4-3-5-12(7,13)10(14)17/h6-7H,3-5H2,1-2H3,(H2,14,17). The number of ether oxygens (including phenoxy) is 3. The van der Waals surface area contributed by atoms with E-state index in [1.165, 1.54) is 20.3 Å². The average Bonchev–Trinajstić information content (AvgIpc) is 2.81. The lowest BCUT2D eigenvalue weighted by Crippen LogP contribution is -2.48. The first-order valence-electron chi connectivity index (χ1n) is 6.12. The molecule has 1 aliphatic carbocycles. The molecule has 1 fully saturated rings. The van der Waals surface area contributed by atoms with Crippen molar-refractivity contribution in [3.8, 4) is 17.8 Å². The Kier molecular flexibility index (Phi) is 3.91. The van der Waals surface area contributed by atoms with Crippen LogP contribution in [0, 0.1) is 0 Å². The molecule has 2 N–H and O–H groups in total. The molecule has 0 aromatic carbocycles. The van der Waals surface area contributed by atoms with Crippen LogP contribution in [-0.2, 0) is 4.79 Å². The topological polar surface area (TPSA) is 96.6 Å². The minimum Gasteiger partial charge on any atom is -0.481 e. The summed E-state index contributed by atoms with van der Waals surface area (Å²) >= 11 is 0. The molecule has 1 saturated carbocycles. The number of amides is 1. The molecule has 0 saturated heterocycles. The minimum absolute atomic E-state index is 0.0358. The van der Waals surface area contributed by atoms with Gasteiger partial charge in [0.05, 0.1) is 20.3 Å². The highest BCUT2D eigenvalue weighted by Gasteiger charge is 2.50. The summed E-state index contributed by atoms with van der Waals surface area (Å²) in [5, 5.41) is 0. The van der Waals surface area contributed by atoms with Crippen LogP contribution < -0.4 is 19.9 Å². The van der Waals surface area contributed by atoms with E-state index >= 15 is 0 Å². The Balaban J connectivity index is 2.23. The highest BCUT2D eigenvalue weighted by Crippen LogP contribution is 2.36. The fraction of sp³-hybridized carbons (Fsp3) is 0.583. The first-order chi connectivity index (χ1) is 9.49. The lowest BCUT2D eigenvalue weighted by Gasteiger charge is -2.23. The van der Waals surface area contributed by atoms with Crippen LogP contribution in [0.3, 0.4) is 0 Å². The van der Waals surface area contributed by atoms with Crippen molar-refractivity contribution in [2.45, 2.75) is 31.0 Å². The second-order valence-corrected chi connectivity index (χ2v) is 4.46. The summed E-state index contributed by atoms with van der Waals surface area (Å²) in [5.41, 5.74) is 2.91. The van der Waals surface area contributed by atoms with Gasteiger partial charge in [0, 0.05) is 0 Å². The number of carbonyl (C=O) groups is 1. The molecule has 0 bridgehead atoms. The summed E-state index contributed by atoms with van der Waals surface area (Å²) in [6, 6.07) is 1.34. The second-order valence-electron chi connectivity index (χ2n) is 4.46. The predicted molar refractivity (Wildman–Crippen MR) is 66.4 cm³/mol. The van der Waals surface area contributed by atoms with Crippen molar-refractivity contribution in [3.63, 3.8) is 0 Å². The largest absolute Gasteiger partial charge is 0.481 e. The molecular formula is C12H16FN3O4. The number of nitrogens with zero attached hydrogens (tertiary/aromatic N) is 2. The van der Waals surface area contributed by atoms with Gasteiger partial charge in [0.2, 0.25) is 17.4 Å². The van der Waals surface area contributed by atoms with Crippen molar-refractivity contribution in [1.82, 2.24) is 9.97 Å². The van der Waals surface area contributed by atoms with Crippen molar-refractivity contribution < 1.29 is 23.4 Å². The second kappa shape index (κ2) is 5.48. The number of methoxy groups -OCH3 is 2. The van der Waals surface area contributed by atoms with Crippen molar-refractivity contribution in [2.75, 3.05) is 14.2 Å². The van der Waals surface area contributed by atoms with Crippen molar-refractivity contribution in [1.29, 1.82) is 0 Å². The maximum Gasteiger partial charge on any atom is 0.323 e. The molecule has 2 unspecified atom stereocenters. The van der Waals surface area contributed by atoms with Gasteiger partial charge in [-0.15, -0.1) is 0 Å². The first-order valence-corrected chi connectivity index (χ1v) is 6.12. The number of primary amides is 1. The van der Waals surface area contributed by atoms with Crippen LogP contribution in [-0.4, -0.2) is 41.9 Å². The third-order valence-electron chi connectivity index (χ3n) is 3.25. The molecule has 0 spiro atoms. The highest BCUT2D eigenvalue weighted by molar-refractivity contribution is 5.84. The van der Waals surface area contributed by atoms with E-state index in [0.717, 1.165) is 0 Å². The van der Waals surface area contributed by atoms with Crippen LogP contribution >= 0.6 is 0 Å². The molecule has 8 heteroatoms. The number of nitrogens with two attached hydrogens (primary N) is 1. The van der Waals surface area contributed by atoms with Crippen LogP contribution in [0.15, 0.2) is 6.07 Å². The van der Waals surface area contributed by atoms with Gasteiger partial charge >= 0.3 is 6.01 Å². The zero-order chi connectivity index (χ0) is 14.8. The van der Waals surface area contributed by atoms with E-state index in [2.05, 4.69) is 9.97 Å². The number of alkyl halides is 1. The SMILES string of the molecule is COc1cc(OC)nc(OC2CCCC2(F)C(N)=O)n1. The van der Waals surface area contributed by atoms with Crippen LogP contribution in [0.4, 0.5) is 4.39 Å². The van der Waals surface area contributed by atoms with Crippen LogP contribution in [0.5, 0.6) is 17.8 Å². The molecule has 2 atom stereocenters. The molecule has 0 radical (unpaired) electrons. The van der Waals surface area contributed by atoms with E-state index in [1.807, 2.05) is 0 Å². The van der Waals surface area contributed by atoms with Gasteiger partial charge in [0.1, 0.15) is 6.10 Å². The Morgan fingerprint density at radius 2 is 2.00 bits per heavy atom. The van der Waals surface area contributed by atoms with Gasteiger partial charge < -0.3 is 19.9 Å². The minimum atomic E-state index is -2.19. The Morgan fingerprint density at radius 1 is 1.40 bits per heavy atom. The summed E-state index contributed by atoms with van der Waals surface area (Å²) in [6.45, 7) is 0. The van der Waals surface area contributed by atoms with Crippen LogP contribution in [0.1, 0.15) is 19.3 Å². The number of carbonyl (C=O) groups excluding carboxylic acids is 1. The smallest absolute Gasteiger partial charge is 0.323 e. The molecule has 1 aromatic rings. The summed E-state index contributed by atoms with van der Waals surface area (Å²) in [5.74, 6) is -0.600. The van der Waals surface area contributed by atoms with Crippen LogP contribution in [0.25, 0.3) is 0 Å². The van der Waals surface area contributed by atoms with Gasteiger partial charge in [-0.05, 0) is 19.3 Å². The van der Waals surface area contributed by atoms with Gasteiger partial charge in [-0.3, -0.25) is 4.79 Å². The fourth-order valence-corrected chi connectivity index (χ4v) is 2.14. The molecule has 1 aliphatic rings. The summed E-state index contributed by atoms with van der Waals surface area (Å²) in [4.78, 5) is 19.1. The molecule has 0 aliphatic heterocycles. The number of halogens is 1. The molecule has 110 valence electrons. The summed E-state index contributed by atoms with van der Waals surface area (Å²) < 4.78 is 29.7. The van der Waals surface area contributed by atoms with E-state index in [0.29, 0.717) is 12.8 Å². The number of hydrogen-bond donors (Lipinski definition) is 1. The van der Waals surface area contributed by atoms with Crippen LogP contribution in [0.2, 0.25) is 0 Å². The van der Waals surface area contributed by atoms with E-state index in [-0.39, 0.29) is 24.2 Å². The zero-order valence-corrected chi connectivity index (χ0v) is 11.3. The third kappa shape index (κ3) is 2.59. The van der Waals surface area contributed by atoms with Gasteiger partial charge in [0.25, 0.3) is 5.91 Å². The quantitative estimate of drug-likeness (QED) is 0.851. The number of aromatic nitrogens is 2. The van der Waals surface area contributed by atoms with E-state index in [4.69, 9.17) is 19.9 Å². The Morgan fingerprint density at radius 3 is 2.50 bits per heavy atom. The van der Waals surface area contributed by atoms with Gasteiger partial charge in [0.15, 0.2) is 0 Å². The molecular weight excluding hydrogens is 269 g/mol. The summed E-state index contributed by atoms with van der Waals surface area (Å²) in [7, 11) is 2.84. The Labute approximate surface area is 115 Å². The average molecular weight is 285 g/mol. The van der Waals surface area contributed by atoms with Gasteiger partial charge in [-0.1, -0.05) is 0 Å². The molecule has 2 rings (SSSR count). The van der Waals surface area contributed by atoms with E-state index in [9.17, 15) is 9.18 Å². The maximum absolute atomic E-state index is 14.4. The van der Waals surface area contributed by atoms with Crippen molar-refractivity contribution in [3.05, 3.63) is 6.07 Å². The number of rotatable bonds is 5. The Bertz CT molecular complexity index is 491. The van der Waals surface area contributed by atoms with Gasteiger partial charge in [-0.2, -0.15) is 9.97 Å². The lowest BCUT2D eigenvalue weighted by atomic mass is 10.0. The van der Waals surface area contributed by atoms with E-state index in [1.54, 1.807) is 0 Å². The van der Waals surface area contributed by atoms with Crippen molar-refractivity contribution in [2.24, 2.45) is 5.73 Å². The molecule has 1 amide bonds. The highest BCUT2D eigenvalue weighted by atomic mass is 19.1. The van der Waals surface area contributed by atoms with Crippen molar-refractivity contribution >= 4 is 5.91 Å². The molecule has 1 aromatic heterocycles. The Hall–Kier alpha value is -2.12. The third-order valence-corrected chi connectivity index (χ3v) is 3.25. The monoisotopic (exact) mass is 285 g/mol. The summed E-state index contributed by atoms with van der Waals surface area (Å²) in [6.07, 6.45) is -0.0985. The maximum atomic E-state index is 14.4. The predicted octanol–water partition coefficient (Wildman–Crippen LogP) is 0.619. The first kappa shape index (κ1) is 14.3. The zero-order valence-electron chi connectivity index (χ0n) is 11.3.